The van der Waals surface area contributed by atoms with E-state index in [2.05, 4.69) is 0 Å². The maximum Gasteiger partial charge on any atom is 0.338 e. The van der Waals surface area contributed by atoms with E-state index in [1.54, 1.807) is 31.4 Å². The number of ether oxygens (including phenoxy) is 1. The predicted octanol–water partition coefficient (Wildman–Crippen LogP) is 2.84. The van der Waals surface area contributed by atoms with Crippen LogP contribution in [0.25, 0.3) is 0 Å². The van der Waals surface area contributed by atoms with Crippen LogP contribution in [0.5, 0.6) is 5.75 Å². The summed E-state index contributed by atoms with van der Waals surface area (Å²) in [6.07, 6.45) is 0. The molecule has 4 nitrogen and oxygen atoms in total. The first-order valence-electron chi connectivity index (χ1n) is 6.05. The van der Waals surface area contributed by atoms with Crippen LogP contribution in [0, 0.1) is 5.82 Å². The van der Waals surface area contributed by atoms with E-state index in [-0.39, 0.29) is 5.75 Å². The molecule has 0 aromatic heterocycles. The van der Waals surface area contributed by atoms with Crippen molar-refractivity contribution in [1.29, 1.82) is 0 Å². The number of methoxy groups -OCH3 is 1. The third-order valence-corrected chi connectivity index (χ3v) is 4.28. The van der Waals surface area contributed by atoms with Gasteiger partial charge in [0.25, 0.3) is 0 Å². The van der Waals surface area contributed by atoms with Gasteiger partial charge in [-0.1, -0.05) is 6.07 Å². The standard InChI is InChI=1S/C15H13FO4S/c1-20-11-3-5-12(6-4-11)21(19)9-10-2-7-13(15(17)18)14(16)8-10/h2-8H,9H2,1H3,(H,17,18). The zero-order valence-corrected chi connectivity index (χ0v) is 12.0. The molecule has 0 fully saturated rings. The van der Waals surface area contributed by atoms with Crippen LogP contribution in [-0.2, 0) is 16.6 Å². The molecule has 0 amide bonds. The van der Waals surface area contributed by atoms with E-state index in [1.807, 2.05) is 0 Å². The fourth-order valence-electron chi connectivity index (χ4n) is 1.78. The third kappa shape index (κ3) is 3.66. The molecule has 0 saturated heterocycles. The number of carbonyl (C=O) groups is 1. The fraction of sp³-hybridized carbons (Fsp3) is 0.133. The molecule has 0 bridgehead atoms. The highest BCUT2D eigenvalue weighted by Crippen LogP contribution is 2.18. The SMILES string of the molecule is COc1ccc(S(=O)Cc2ccc(C(=O)O)c(F)c2)cc1. The first-order valence-corrected chi connectivity index (χ1v) is 7.37. The average molecular weight is 308 g/mol. The Bertz CT molecular complexity index is 683. The molecule has 0 aliphatic carbocycles. The minimum Gasteiger partial charge on any atom is -0.497 e. The lowest BCUT2D eigenvalue weighted by Crippen LogP contribution is -2.03. The number of hydrogen-bond acceptors (Lipinski definition) is 3. The zero-order valence-electron chi connectivity index (χ0n) is 11.2. The summed E-state index contributed by atoms with van der Waals surface area (Å²) in [5.41, 5.74) is 0.0839. The molecular formula is C15H13FO4S. The molecule has 2 rings (SSSR count). The minimum atomic E-state index is -1.34. The molecular weight excluding hydrogens is 295 g/mol. The summed E-state index contributed by atoms with van der Waals surface area (Å²) in [6.45, 7) is 0. The van der Waals surface area contributed by atoms with Crippen molar-refractivity contribution < 1.29 is 23.2 Å². The first kappa shape index (κ1) is 15.2. The summed E-state index contributed by atoms with van der Waals surface area (Å²) in [7, 11) is 0.201. The first-order chi connectivity index (χ1) is 10.0. The summed E-state index contributed by atoms with van der Waals surface area (Å²) in [5.74, 6) is -1.38. The highest BCUT2D eigenvalue weighted by atomic mass is 32.2. The lowest BCUT2D eigenvalue weighted by molar-refractivity contribution is 0.0692. The monoisotopic (exact) mass is 308 g/mol. The van der Waals surface area contributed by atoms with Gasteiger partial charge >= 0.3 is 5.97 Å². The number of hydrogen-bond donors (Lipinski definition) is 1. The molecule has 0 radical (unpaired) electrons. The minimum absolute atomic E-state index is 0.114. The van der Waals surface area contributed by atoms with Gasteiger partial charge in [-0.3, -0.25) is 4.21 Å². The zero-order chi connectivity index (χ0) is 15.4. The smallest absolute Gasteiger partial charge is 0.338 e. The van der Waals surface area contributed by atoms with Gasteiger partial charge in [0.15, 0.2) is 0 Å². The molecule has 2 aromatic rings. The van der Waals surface area contributed by atoms with Gasteiger partial charge in [0, 0.05) is 4.90 Å². The second kappa shape index (κ2) is 6.49. The van der Waals surface area contributed by atoms with Crippen molar-refractivity contribution in [1.82, 2.24) is 0 Å². The van der Waals surface area contributed by atoms with Crippen LogP contribution in [0.4, 0.5) is 4.39 Å². The van der Waals surface area contributed by atoms with E-state index in [0.717, 1.165) is 6.07 Å². The lowest BCUT2D eigenvalue weighted by Gasteiger charge is -2.05. The van der Waals surface area contributed by atoms with Crippen molar-refractivity contribution in [3.63, 3.8) is 0 Å². The van der Waals surface area contributed by atoms with Gasteiger partial charge in [-0.25, -0.2) is 9.18 Å². The molecule has 1 unspecified atom stereocenters. The number of rotatable bonds is 5. The molecule has 110 valence electrons. The van der Waals surface area contributed by atoms with Gasteiger partial charge in [-0.05, 0) is 42.0 Å². The van der Waals surface area contributed by atoms with E-state index in [0.29, 0.717) is 16.2 Å². The van der Waals surface area contributed by atoms with Crippen LogP contribution in [0.2, 0.25) is 0 Å². The van der Waals surface area contributed by atoms with E-state index in [4.69, 9.17) is 9.84 Å². The molecule has 1 N–H and O–H groups in total. The van der Waals surface area contributed by atoms with Crippen LogP contribution in [-0.4, -0.2) is 22.4 Å². The molecule has 1 atom stereocenters. The van der Waals surface area contributed by atoms with Crippen LogP contribution >= 0.6 is 0 Å². The van der Waals surface area contributed by atoms with Gasteiger partial charge in [0.05, 0.1) is 29.2 Å². The molecule has 0 aliphatic heterocycles. The second-order valence-corrected chi connectivity index (χ2v) is 5.74. The fourth-order valence-corrected chi connectivity index (χ4v) is 2.87. The topological polar surface area (TPSA) is 63.6 Å². The van der Waals surface area contributed by atoms with Crippen molar-refractivity contribution in [2.24, 2.45) is 0 Å². The Labute approximate surface area is 123 Å². The molecule has 0 spiro atoms. The van der Waals surface area contributed by atoms with Gasteiger partial charge in [0.1, 0.15) is 11.6 Å². The van der Waals surface area contributed by atoms with Crippen LogP contribution in [0.3, 0.4) is 0 Å². The Kier molecular flexibility index (Phi) is 4.70. The average Bonchev–Trinajstić information content (AvgIpc) is 2.47. The number of carboxylic acid groups (broad SMARTS) is 1. The molecule has 0 aliphatic rings. The Hall–Kier alpha value is -2.21. The predicted molar refractivity (Wildman–Crippen MR) is 76.5 cm³/mol. The number of aromatic carboxylic acids is 1. The Morgan fingerprint density at radius 1 is 1.24 bits per heavy atom. The van der Waals surface area contributed by atoms with Crippen LogP contribution in [0.1, 0.15) is 15.9 Å². The number of benzene rings is 2. The molecule has 2 aromatic carbocycles. The second-order valence-electron chi connectivity index (χ2n) is 4.28. The largest absolute Gasteiger partial charge is 0.497 e. The van der Waals surface area contributed by atoms with E-state index < -0.39 is 28.1 Å². The van der Waals surface area contributed by atoms with Crippen molar-refractivity contribution in [2.45, 2.75) is 10.6 Å². The number of carboxylic acids is 1. The summed E-state index contributed by atoms with van der Waals surface area (Å²) in [6, 6.07) is 10.5. The lowest BCUT2D eigenvalue weighted by atomic mass is 10.1. The highest BCUT2D eigenvalue weighted by Gasteiger charge is 2.12. The summed E-state index contributed by atoms with van der Waals surface area (Å²) >= 11 is 0. The van der Waals surface area contributed by atoms with Crippen molar-refractivity contribution >= 4 is 16.8 Å². The quantitative estimate of drug-likeness (QED) is 0.922. The van der Waals surface area contributed by atoms with Crippen LogP contribution < -0.4 is 4.74 Å². The number of halogens is 1. The molecule has 21 heavy (non-hydrogen) atoms. The van der Waals surface area contributed by atoms with Crippen molar-refractivity contribution in [3.8, 4) is 5.75 Å². The normalized spacial score (nSPS) is 11.9. The van der Waals surface area contributed by atoms with Crippen molar-refractivity contribution in [3.05, 3.63) is 59.4 Å². The summed E-state index contributed by atoms with van der Waals surface area (Å²) < 4.78 is 30.7. The van der Waals surface area contributed by atoms with Gasteiger partial charge in [-0.2, -0.15) is 0 Å². The highest BCUT2D eigenvalue weighted by molar-refractivity contribution is 7.84. The Morgan fingerprint density at radius 3 is 2.43 bits per heavy atom. The van der Waals surface area contributed by atoms with Crippen LogP contribution in [0.15, 0.2) is 47.4 Å². The molecule has 6 heteroatoms. The maximum atomic E-state index is 13.6. The van der Waals surface area contributed by atoms with Gasteiger partial charge < -0.3 is 9.84 Å². The van der Waals surface area contributed by atoms with Crippen molar-refractivity contribution in [2.75, 3.05) is 7.11 Å². The molecule has 0 saturated carbocycles. The van der Waals surface area contributed by atoms with Gasteiger partial charge in [0.2, 0.25) is 0 Å². The molecule has 0 heterocycles. The third-order valence-electron chi connectivity index (χ3n) is 2.88. The van der Waals surface area contributed by atoms with E-state index in [1.165, 1.54) is 12.1 Å². The summed E-state index contributed by atoms with van der Waals surface area (Å²) in [5, 5.41) is 8.75. The Balaban J connectivity index is 2.15. The summed E-state index contributed by atoms with van der Waals surface area (Å²) in [4.78, 5) is 11.3. The Morgan fingerprint density at radius 2 is 1.90 bits per heavy atom. The van der Waals surface area contributed by atoms with Gasteiger partial charge in [-0.15, -0.1) is 0 Å². The maximum absolute atomic E-state index is 13.6. The van der Waals surface area contributed by atoms with E-state index >= 15 is 0 Å². The van der Waals surface area contributed by atoms with E-state index in [9.17, 15) is 13.4 Å².